The first-order valence-corrected chi connectivity index (χ1v) is 5.00. The number of aromatic nitrogens is 2. The molecule has 5 heteroatoms. The Balaban J connectivity index is 2.11. The summed E-state index contributed by atoms with van der Waals surface area (Å²) in [7, 11) is 1.99. The summed E-state index contributed by atoms with van der Waals surface area (Å²) in [5.74, 6) is 0.790. The van der Waals surface area contributed by atoms with Crippen LogP contribution in [-0.2, 0) is 0 Å². The Hall–Kier alpha value is -0.870. The SMILES string of the molecule is CN(c1ncncc1Cl)C1CC(N)C1. The molecular weight excluding hydrogens is 200 g/mol. The molecule has 0 bridgehead atoms. The number of halogens is 1. The van der Waals surface area contributed by atoms with Crippen molar-refractivity contribution in [3.63, 3.8) is 0 Å². The summed E-state index contributed by atoms with van der Waals surface area (Å²) in [6.07, 6.45) is 5.14. The monoisotopic (exact) mass is 212 g/mol. The molecule has 0 unspecified atom stereocenters. The molecule has 1 heterocycles. The van der Waals surface area contributed by atoms with Crippen molar-refractivity contribution in [3.8, 4) is 0 Å². The van der Waals surface area contributed by atoms with Gasteiger partial charge >= 0.3 is 0 Å². The van der Waals surface area contributed by atoms with Gasteiger partial charge in [-0.05, 0) is 12.8 Å². The second-order valence-corrected chi connectivity index (χ2v) is 4.10. The summed E-state index contributed by atoms with van der Waals surface area (Å²) in [5, 5.41) is 0.593. The lowest BCUT2D eigenvalue weighted by Crippen LogP contribution is -2.49. The molecular formula is C9H13ClN4. The lowest BCUT2D eigenvalue weighted by atomic mass is 9.86. The highest BCUT2D eigenvalue weighted by Crippen LogP contribution is 2.29. The maximum Gasteiger partial charge on any atom is 0.150 e. The fraction of sp³-hybridized carbons (Fsp3) is 0.556. The van der Waals surface area contributed by atoms with Gasteiger partial charge in [0, 0.05) is 19.1 Å². The molecule has 0 aliphatic heterocycles. The van der Waals surface area contributed by atoms with E-state index in [9.17, 15) is 0 Å². The van der Waals surface area contributed by atoms with Crippen molar-refractivity contribution >= 4 is 17.4 Å². The zero-order chi connectivity index (χ0) is 10.1. The molecule has 4 nitrogen and oxygen atoms in total. The van der Waals surface area contributed by atoms with Gasteiger partial charge in [0.15, 0.2) is 5.82 Å². The van der Waals surface area contributed by atoms with E-state index in [0.717, 1.165) is 18.7 Å². The van der Waals surface area contributed by atoms with Crippen molar-refractivity contribution in [2.75, 3.05) is 11.9 Å². The lowest BCUT2D eigenvalue weighted by Gasteiger charge is -2.40. The van der Waals surface area contributed by atoms with E-state index in [4.69, 9.17) is 17.3 Å². The Labute approximate surface area is 88.1 Å². The molecule has 0 atom stereocenters. The van der Waals surface area contributed by atoms with Gasteiger partial charge in [-0.1, -0.05) is 11.6 Å². The first-order valence-electron chi connectivity index (χ1n) is 4.62. The third-order valence-corrected chi connectivity index (χ3v) is 2.95. The molecule has 2 rings (SSSR count). The van der Waals surface area contributed by atoms with Crippen LogP contribution in [-0.4, -0.2) is 29.1 Å². The molecule has 14 heavy (non-hydrogen) atoms. The summed E-state index contributed by atoms with van der Waals surface area (Å²) in [5.41, 5.74) is 5.73. The summed E-state index contributed by atoms with van der Waals surface area (Å²) in [4.78, 5) is 10.1. The quantitative estimate of drug-likeness (QED) is 0.797. The van der Waals surface area contributed by atoms with Gasteiger partial charge in [-0.2, -0.15) is 0 Å². The van der Waals surface area contributed by atoms with E-state index in [0.29, 0.717) is 17.1 Å². The second-order valence-electron chi connectivity index (χ2n) is 3.69. The zero-order valence-corrected chi connectivity index (χ0v) is 8.78. The fourth-order valence-corrected chi connectivity index (χ4v) is 1.92. The Kier molecular flexibility index (Phi) is 2.56. The lowest BCUT2D eigenvalue weighted by molar-refractivity contribution is 0.338. The number of anilines is 1. The fourth-order valence-electron chi connectivity index (χ4n) is 1.68. The van der Waals surface area contributed by atoms with E-state index < -0.39 is 0 Å². The predicted octanol–water partition coefficient (Wildman–Crippen LogP) is 1.06. The van der Waals surface area contributed by atoms with Crippen LogP contribution in [0.5, 0.6) is 0 Å². The minimum Gasteiger partial charge on any atom is -0.355 e. The van der Waals surface area contributed by atoms with Crippen molar-refractivity contribution < 1.29 is 0 Å². The highest BCUT2D eigenvalue weighted by Gasteiger charge is 2.30. The molecule has 0 amide bonds. The zero-order valence-electron chi connectivity index (χ0n) is 8.02. The Morgan fingerprint density at radius 1 is 1.57 bits per heavy atom. The molecule has 0 radical (unpaired) electrons. The van der Waals surface area contributed by atoms with Crippen molar-refractivity contribution in [2.24, 2.45) is 5.73 Å². The molecule has 1 aliphatic rings. The van der Waals surface area contributed by atoms with E-state index >= 15 is 0 Å². The number of rotatable bonds is 2. The minimum absolute atomic E-state index is 0.336. The molecule has 0 saturated heterocycles. The van der Waals surface area contributed by atoms with Gasteiger partial charge in [0.2, 0.25) is 0 Å². The van der Waals surface area contributed by atoms with Crippen LogP contribution >= 0.6 is 11.6 Å². The molecule has 1 aliphatic carbocycles. The second kappa shape index (κ2) is 3.71. The average molecular weight is 213 g/mol. The highest BCUT2D eigenvalue weighted by atomic mass is 35.5. The maximum absolute atomic E-state index is 5.98. The van der Waals surface area contributed by atoms with E-state index in [2.05, 4.69) is 14.9 Å². The van der Waals surface area contributed by atoms with Crippen LogP contribution < -0.4 is 10.6 Å². The molecule has 0 aromatic carbocycles. The normalized spacial score (nSPS) is 25.6. The Morgan fingerprint density at radius 3 is 2.86 bits per heavy atom. The summed E-state index contributed by atoms with van der Waals surface area (Å²) >= 11 is 5.98. The summed E-state index contributed by atoms with van der Waals surface area (Å²) in [6.45, 7) is 0. The van der Waals surface area contributed by atoms with E-state index in [1.807, 2.05) is 7.05 Å². The molecule has 1 saturated carbocycles. The van der Waals surface area contributed by atoms with Crippen LogP contribution in [0.3, 0.4) is 0 Å². The number of hydrogen-bond acceptors (Lipinski definition) is 4. The van der Waals surface area contributed by atoms with Gasteiger partial charge in [0.1, 0.15) is 11.3 Å². The number of nitrogens with zero attached hydrogens (tertiary/aromatic N) is 3. The van der Waals surface area contributed by atoms with Gasteiger partial charge in [0.25, 0.3) is 0 Å². The smallest absolute Gasteiger partial charge is 0.150 e. The third-order valence-electron chi connectivity index (χ3n) is 2.68. The molecule has 2 N–H and O–H groups in total. The van der Waals surface area contributed by atoms with E-state index in [1.54, 1.807) is 6.20 Å². The highest BCUT2D eigenvalue weighted by molar-refractivity contribution is 6.32. The summed E-state index contributed by atoms with van der Waals surface area (Å²) < 4.78 is 0. The first kappa shape index (κ1) is 9.68. The topological polar surface area (TPSA) is 55.0 Å². The standard InChI is InChI=1S/C9H13ClN4/c1-14(7-2-6(11)3-7)9-8(10)4-12-5-13-9/h4-7H,2-3,11H2,1H3. The molecule has 76 valence electrons. The molecule has 1 aromatic heterocycles. The summed E-state index contributed by atoms with van der Waals surface area (Å²) in [6, 6.07) is 0.806. The molecule has 0 spiro atoms. The van der Waals surface area contributed by atoms with Gasteiger partial charge in [-0.15, -0.1) is 0 Å². The first-order chi connectivity index (χ1) is 6.68. The van der Waals surface area contributed by atoms with Crippen LogP contribution in [0.25, 0.3) is 0 Å². The van der Waals surface area contributed by atoms with Crippen LogP contribution in [0.2, 0.25) is 5.02 Å². The predicted molar refractivity (Wildman–Crippen MR) is 56.4 cm³/mol. The van der Waals surface area contributed by atoms with Crippen molar-refractivity contribution in [2.45, 2.75) is 24.9 Å². The number of hydrogen-bond donors (Lipinski definition) is 1. The average Bonchev–Trinajstić information content (AvgIpc) is 2.13. The largest absolute Gasteiger partial charge is 0.355 e. The molecule has 1 aromatic rings. The van der Waals surface area contributed by atoms with Crippen molar-refractivity contribution in [3.05, 3.63) is 17.5 Å². The molecule has 1 fully saturated rings. The van der Waals surface area contributed by atoms with Crippen LogP contribution in [0.4, 0.5) is 5.82 Å². The van der Waals surface area contributed by atoms with Crippen molar-refractivity contribution in [1.82, 2.24) is 9.97 Å². The van der Waals surface area contributed by atoms with E-state index in [1.165, 1.54) is 6.33 Å². The van der Waals surface area contributed by atoms with Crippen molar-refractivity contribution in [1.29, 1.82) is 0 Å². The van der Waals surface area contributed by atoms with Crippen LogP contribution in [0.15, 0.2) is 12.5 Å². The maximum atomic E-state index is 5.98. The van der Waals surface area contributed by atoms with Gasteiger partial charge in [-0.25, -0.2) is 9.97 Å². The Morgan fingerprint density at radius 2 is 2.29 bits per heavy atom. The van der Waals surface area contributed by atoms with E-state index in [-0.39, 0.29) is 0 Å². The Bertz CT molecular complexity index is 324. The van der Waals surface area contributed by atoms with Crippen LogP contribution in [0, 0.1) is 0 Å². The van der Waals surface area contributed by atoms with Crippen LogP contribution in [0.1, 0.15) is 12.8 Å². The number of nitrogens with two attached hydrogens (primary N) is 1. The third kappa shape index (κ3) is 1.67. The minimum atomic E-state index is 0.336. The van der Waals surface area contributed by atoms with Gasteiger partial charge < -0.3 is 10.6 Å². The van der Waals surface area contributed by atoms with Gasteiger partial charge in [0.05, 0.1) is 6.20 Å². The van der Waals surface area contributed by atoms with Gasteiger partial charge in [-0.3, -0.25) is 0 Å².